The molecular formula is C15H23ClFN3O8. The van der Waals surface area contributed by atoms with Crippen molar-refractivity contribution >= 4 is 11.6 Å². The Morgan fingerprint density at radius 2 is 2.07 bits per heavy atom. The summed E-state index contributed by atoms with van der Waals surface area (Å²) in [7, 11) is 0. The Morgan fingerprint density at radius 3 is 2.64 bits per heavy atom. The van der Waals surface area contributed by atoms with Gasteiger partial charge in [-0.15, -0.1) is 5.06 Å². The molecule has 2 rings (SSSR count). The van der Waals surface area contributed by atoms with Crippen LogP contribution < -0.4 is 11.2 Å². The lowest BCUT2D eigenvalue weighted by Crippen LogP contribution is -2.69. The Labute approximate surface area is 163 Å². The summed E-state index contributed by atoms with van der Waals surface area (Å²) in [6.45, 7) is 0.904. The molecule has 0 amide bonds. The summed E-state index contributed by atoms with van der Waals surface area (Å²) in [6, 6.07) is 0. The molecule has 28 heavy (non-hydrogen) atoms. The van der Waals surface area contributed by atoms with Crippen LogP contribution in [0.3, 0.4) is 0 Å². The van der Waals surface area contributed by atoms with Gasteiger partial charge in [-0.2, -0.15) is 0 Å². The van der Waals surface area contributed by atoms with E-state index in [1.54, 1.807) is 4.98 Å². The number of aliphatic hydroxyl groups is 4. The third kappa shape index (κ3) is 3.62. The number of ether oxygens (including phenoxy) is 1. The van der Waals surface area contributed by atoms with Crippen LogP contribution in [0.15, 0.2) is 15.8 Å². The number of nitrogens with one attached hydrogen (secondary N) is 1. The molecule has 1 saturated heterocycles. The molecule has 2 heterocycles. The van der Waals surface area contributed by atoms with Gasteiger partial charge < -0.3 is 30.4 Å². The normalized spacial score (nSPS) is 31.5. The fourth-order valence-corrected chi connectivity index (χ4v) is 3.19. The van der Waals surface area contributed by atoms with Gasteiger partial charge in [-0.3, -0.25) is 9.78 Å². The monoisotopic (exact) mass is 427 g/mol. The molecule has 5 atom stereocenters. The molecule has 0 saturated carbocycles. The lowest BCUT2D eigenvalue weighted by molar-refractivity contribution is -0.428. The highest BCUT2D eigenvalue weighted by Gasteiger charge is 2.71. The Balaban J connectivity index is 2.55. The largest absolute Gasteiger partial charge is 0.394 e. The van der Waals surface area contributed by atoms with Gasteiger partial charge in [0.25, 0.3) is 5.56 Å². The molecule has 0 aliphatic carbocycles. The smallest absolute Gasteiger partial charge is 0.332 e. The summed E-state index contributed by atoms with van der Waals surface area (Å²) in [5.41, 5.74) is -5.69. The van der Waals surface area contributed by atoms with E-state index in [0.29, 0.717) is 19.0 Å². The van der Waals surface area contributed by atoms with E-state index < -0.39 is 53.0 Å². The summed E-state index contributed by atoms with van der Waals surface area (Å²) >= 11 is 5.64. The zero-order valence-corrected chi connectivity index (χ0v) is 15.7. The minimum Gasteiger partial charge on any atom is -0.394 e. The molecule has 1 aliphatic heterocycles. The van der Waals surface area contributed by atoms with Gasteiger partial charge >= 0.3 is 11.6 Å². The maximum absolute atomic E-state index is 14.5. The number of aromatic nitrogens is 2. The number of aliphatic hydroxyl groups excluding tert-OH is 2. The highest BCUT2D eigenvalue weighted by atomic mass is 35.5. The molecule has 1 aliphatic rings. The second kappa shape index (κ2) is 8.55. The standard InChI is InChI=1S/C15H23ClFN3O8/c1-2-3-4-5-10(17)20(27)14(25)11(22)9(7-21)28-15(14,26)19-6-8(16)12(23)18-13(19)24/h6,9-11,21-22,25-27H,2-5,7H2,1H3,(H,18,23,24)/t9-,10?,11-,14-,15-/m1/s1. The highest BCUT2D eigenvalue weighted by Crippen LogP contribution is 2.44. The minimum atomic E-state index is -3.34. The van der Waals surface area contributed by atoms with Crippen molar-refractivity contribution < 1.29 is 34.8 Å². The zero-order chi connectivity index (χ0) is 21.3. The van der Waals surface area contributed by atoms with Gasteiger partial charge in [0.2, 0.25) is 5.72 Å². The van der Waals surface area contributed by atoms with Gasteiger partial charge in [0.05, 0.1) is 6.61 Å². The van der Waals surface area contributed by atoms with Gasteiger partial charge in [-0.1, -0.05) is 31.4 Å². The molecule has 11 nitrogen and oxygen atoms in total. The number of halogens is 2. The topological polar surface area (TPSA) is 168 Å². The van der Waals surface area contributed by atoms with Crippen molar-refractivity contribution in [3.05, 3.63) is 32.1 Å². The maximum atomic E-state index is 14.5. The average Bonchev–Trinajstić information content (AvgIpc) is 2.86. The van der Waals surface area contributed by atoms with E-state index in [1.165, 1.54) is 0 Å². The van der Waals surface area contributed by atoms with Crippen molar-refractivity contribution in [3.8, 4) is 0 Å². The number of aromatic amines is 1. The highest BCUT2D eigenvalue weighted by molar-refractivity contribution is 6.30. The predicted molar refractivity (Wildman–Crippen MR) is 92.1 cm³/mol. The number of hydrogen-bond donors (Lipinski definition) is 6. The maximum Gasteiger partial charge on any atom is 0.332 e. The van der Waals surface area contributed by atoms with Crippen molar-refractivity contribution in [1.29, 1.82) is 0 Å². The summed E-state index contributed by atoms with van der Waals surface area (Å²) in [4.78, 5) is 25.3. The van der Waals surface area contributed by atoms with Crippen LogP contribution in [0.25, 0.3) is 0 Å². The van der Waals surface area contributed by atoms with Crippen molar-refractivity contribution in [3.63, 3.8) is 0 Å². The SMILES string of the molecule is CCCCCC(F)N(O)[C@@]1(O)[C@H](O)[C@@H](CO)O[C@@]1(O)n1cc(Cl)c(=O)[nH]c1=O. The summed E-state index contributed by atoms with van der Waals surface area (Å²) < 4.78 is 19.7. The van der Waals surface area contributed by atoms with E-state index in [9.17, 15) is 39.6 Å². The zero-order valence-electron chi connectivity index (χ0n) is 15.0. The Hall–Kier alpha value is -1.38. The van der Waals surface area contributed by atoms with Crippen LogP contribution in [0.5, 0.6) is 0 Å². The van der Waals surface area contributed by atoms with E-state index in [4.69, 9.17) is 16.3 Å². The van der Waals surface area contributed by atoms with Crippen LogP contribution in [0.1, 0.15) is 32.6 Å². The van der Waals surface area contributed by atoms with Gasteiger partial charge in [0.1, 0.15) is 17.2 Å². The molecule has 1 aromatic heterocycles. The lowest BCUT2D eigenvalue weighted by atomic mass is 10.00. The van der Waals surface area contributed by atoms with Crippen LogP contribution in [0, 0.1) is 0 Å². The second-order valence-corrected chi connectivity index (χ2v) is 6.91. The summed E-state index contributed by atoms with van der Waals surface area (Å²) in [6.07, 6.45) is -4.26. The molecule has 13 heteroatoms. The quantitative estimate of drug-likeness (QED) is 0.129. The van der Waals surface area contributed by atoms with Crippen LogP contribution in [-0.2, 0) is 10.6 Å². The molecule has 0 aromatic carbocycles. The number of hydrogen-bond acceptors (Lipinski definition) is 9. The van der Waals surface area contributed by atoms with Crippen molar-refractivity contribution in [2.24, 2.45) is 0 Å². The van der Waals surface area contributed by atoms with Crippen LogP contribution in [0.2, 0.25) is 5.02 Å². The summed E-state index contributed by atoms with van der Waals surface area (Å²) in [5, 5.41) is 50.8. The van der Waals surface area contributed by atoms with Crippen LogP contribution in [0.4, 0.5) is 4.39 Å². The molecule has 0 radical (unpaired) electrons. The molecule has 1 fully saturated rings. The number of alkyl halides is 1. The van der Waals surface area contributed by atoms with Crippen LogP contribution >= 0.6 is 11.6 Å². The number of nitrogens with zero attached hydrogens (tertiary/aromatic N) is 2. The minimum absolute atomic E-state index is 0.178. The third-order valence-electron chi connectivity index (χ3n) is 4.63. The molecular weight excluding hydrogens is 405 g/mol. The first-order valence-corrected chi connectivity index (χ1v) is 8.98. The fraction of sp³-hybridized carbons (Fsp3) is 0.733. The Morgan fingerprint density at radius 1 is 1.43 bits per heavy atom. The van der Waals surface area contributed by atoms with Crippen molar-refractivity contribution in [2.45, 2.75) is 62.7 Å². The van der Waals surface area contributed by atoms with E-state index in [-0.39, 0.29) is 16.1 Å². The van der Waals surface area contributed by atoms with Crippen molar-refractivity contribution in [1.82, 2.24) is 14.6 Å². The third-order valence-corrected chi connectivity index (χ3v) is 4.89. The Bertz CT molecular complexity index is 806. The van der Waals surface area contributed by atoms with E-state index in [2.05, 4.69) is 0 Å². The van der Waals surface area contributed by atoms with Gasteiger partial charge in [-0.25, -0.2) is 13.8 Å². The first-order valence-electron chi connectivity index (χ1n) is 8.60. The molecule has 1 aromatic rings. The number of unbranched alkanes of at least 4 members (excludes halogenated alkanes) is 2. The van der Waals surface area contributed by atoms with Crippen LogP contribution in [-0.4, -0.2) is 71.1 Å². The van der Waals surface area contributed by atoms with E-state index >= 15 is 0 Å². The Kier molecular flexibility index (Phi) is 6.99. The summed E-state index contributed by atoms with van der Waals surface area (Å²) in [5.74, 6) is -3.31. The number of hydroxylamine groups is 2. The average molecular weight is 428 g/mol. The number of H-pyrrole nitrogens is 1. The van der Waals surface area contributed by atoms with Gasteiger partial charge in [0, 0.05) is 6.20 Å². The van der Waals surface area contributed by atoms with E-state index in [0.717, 1.165) is 6.42 Å². The van der Waals surface area contributed by atoms with Gasteiger partial charge in [0.15, 0.2) is 6.30 Å². The molecule has 0 bridgehead atoms. The predicted octanol–water partition coefficient (Wildman–Crippen LogP) is -1.20. The van der Waals surface area contributed by atoms with Gasteiger partial charge in [-0.05, 0) is 12.8 Å². The molecule has 6 N–H and O–H groups in total. The lowest BCUT2D eigenvalue weighted by Gasteiger charge is -2.43. The first kappa shape index (κ1) is 22.9. The second-order valence-electron chi connectivity index (χ2n) is 6.50. The molecule has 0 spiro atoms. The first-order chi connectivity index (χ1) is 13.0. The molecule has 1 unspecified atom stereocenters. The molecule has 160 valence electrons. The van der Waals surface area contributed by atoms with E-state index in [1.807, 2.05) is 6.92 Å². The fourth-order valence-electron chi connectivity index (χ4n) is 3.04. The van der Waals surface area contributed by atoms with Crippen molar-refractivity contribution in [2.75, 3.05) is 6.61 Å². The number of rotatable bonds is 8.